The van der Waals surface area contributed by atoms with Gasteiger partial charge in [-0.05, 0) is 24.3 Å². The Balaban J connectivity index is 1.97. The summed E-state index contributed by atoms with van der Waals surface area (Å²) in [6.07, 6.45) is 0. The van der Waals surface area contributed by atoms with Crippen molar-refractivity contribution in [3.8, 4) is 17.2 Å². The zero-order valence-electron chi connectivity index (χ0n) is 17.4. The Hall–Kier alpha value is -3.85. The van der Waals surface area contributed by atoms with Gasteiger partial charge in [-0.25, -0.2) is 14.8 Å². The van der Waals surface area contributed by atoms with Crippen LogP contribution >= 0.6 is 0 Å². The summed E-state index contributed by atoms with van der Waals surface area (Å²) in [7, 11) is 4.64. The lowest BCUT2D eigenvalue weighted by Gasteiger charge is -2.12. The van der Waals surface area contributed by atoms with E-state index in [1.807, 2.05) is 24.3 Å². The summed E-state index contributed by atoms with van der Waals surface area (Å²) in [6, 6.07) is 12.7. The first-order valence-corrected chi connectivity index (χ1v) is 9.54. The Morgan fingerprint density at radius 2 is 1.68 bits per heavy atom. The average Bonchev–Trinajstić information content (AvgIpc) is 3.07. The van der Waals surface area contributed by atoms with Crippen LogP contribution in [0.2, 0.25) is 0 Å². The van der Waals surface area contributed by atoms with Crippen LogP contribution in [0.5, 0.6) is 11.5 Å². The number of hydrogen-bond acceptors (Lipinski definition) is 8. The van der Waals surface area contributed by atoms with Crippen LogP contribution in [0.4, 0.5) is 5.82 Å². The van der Waals surface area contributed by atoms with E-state index in [4.69, 9.17) is 29.7 Å². The third-order valence-electron chi connectivity index (χ3n) is 4.85. The number of ether oxygens (including phenoxy) is 4. The molecule has 4 rings (SSSR count). The molecule has 0 atom stereocenters. The summed E-state index contributed by atoms with van der Waals surface area (Å²) < 4.78 is 22.7. The molecule has 2 N–H and O–H groups in total. The number of rotatable bonds is 7. The summed E-state index contributed by atoms with van der Waals surface area (Å²) in [4.78, 5) is 22.3. The van der Waals surface area contributed by atoms with E-state index >= 15 is 0 Å². The van der Waals surface area contributed by atoms with Gasteiger partial charge in [-0.3, -0.25) is 4.57 Å². The largest absolute Gasteiger partial charge is 0.493 e. The number of esters is 1. The van der Waals surface area contributed by atoms with Gasteiger partial charge in [0.15, 0.2) is 17.1 Å². The molecule has 31 heavy (non-hydrogen) atoms. The number of hydrogen-bond donors (Lipinski definition) is 1. The zero-order valence-corrected chi connectivity index (χ0v) is 17.4. The maximum atomic E-state index is 12.9. The van der Waals surface area contributed by atoms with Crippen LogP contribution < -0.4 is 15.2 Å². The Morgan fingerprint density at radius 3 is 2.35 bits per heavy atom. The van der Waals surface area contributed by atoms with E-state index in [1.54, 1.807) is 37.0 Å². The summed E-state index contributed by atoms with van der Waals surface area (Å²) >= 11 is 0. The lowest BCUT2D eigenvalue weighted by atomic mass is 10.2. The van der Waals surface area contributed by atoms with Crippen molar-refractivity contribution in [2.45, 2.75) is 0 Å². The van der Waals surface area contributed by atoms with Crippen molar-refractivity contribution in [1.29, 1.82) is 0 Å². The number of carbonyl (C=O) groups is 1. The fourth-order valence-corrected chi connectivity index (χ4v) is 3.38. The van der Waals surface area contributed by atoms with Crippen LogP contribution in [0.25, 0.3) is 27.9 Å². The molecule has 2 aromatic heterocycles. The summed E-state index contributed by atoms with van der Waals surface area (Å²) in [5.74, 6) is 0.652. The van der Waals surface area contributed by atoms with Crippen LogP contribution in [0.3, 0.4) is 0 Å². The van der Waals surface area contributed by atoms with Gasteiger partial charge >= 0.3 is 5.97 Å². The van der Waals surface area contributed by atoms with E-state index in [2.05, 4.69) is 4.98 Å². The van der Waals surface area contributed by atoms with Gasteiger partial charge < -0.3 is 24.7 Å². The first kappa shape index (κ1) is 20.4. The highest BCUT2D eigenvalue weighted by Crippen LogP contribution is 2.35. The van der Waals surface area contributed by atoms with Gasteiger partial charge in [0.2, 0.25) is 0 Å². The molecule has 9 nitrogen and oxygen atoms in total. The normalized spacial score (nSPS) is 11.1. The number of benzene rings is 2. The summed E-state index contributed by atoms with van der Waals surface area (Å²) in [5.41, 5.74) is 9.35. The number of para-hydroxylation sites is 2. The van der Waals surface area contributed by atoms with Crippen molar-refractivity contribution >= 4 is 34.0 Å². The number of methoxy groups -OCH3 is 3. The van der Waals surface area contributed by atoms with Gasteiger partial charge in [0.25, 0.3) is 0 Å². The maximum Gasteiger partial charge on any atom is 0.344 e. The number of nitrogens with zero attached hydrogens (tertiary/aromatic N) is 3. The molecule has 0 radical (unpaired) electrons. The third kappa shape index (κ3) is 3.59. The van der Waals surface area contributed by atoms with Crippen molar-refractivity contribution < 1.29 is 23.7 Å². The first-order chi connectivity index (χ1) is 15.1. The molecule has 2 aromatic carbocycles. The molecule has 0 unspecified atom stereocenters. The minimum Gasteiger partial charge on any atom is -0.493 e. The predicted octanol–water partition coefficient (Wildman–Crippen LogP) is 2.98. The molecule has 0 bridgehead atoms. The molecule has 2 heterocycles. The zero-order chi connectivity index (χ0) is 22.0. The number of aromatic nitrogens is 3. The second kappa shape index (κ2) is 8.49. The fraction of sp³-hybridized carbons (Fsp3) is 0.227. The highest BCUT2D eigenvalue weighted by molar-refractivity contribution is 6.09. The molecule has 0 aliphatic carbocycles. The molecular formula is C22H22N4O5. The molecule has 0 fully saturated rings. The van der Waals surface area contributed by atoms with Gasteiger partial charge in [-0.2, -0.15) is 0 Å². The second-order valence-corrected chi connectivity index (χ2v) is 6.65. The molecule has 0 saturated carbocycles. The predicted molar refractivity (Wildman–Crippen MR) is 116 cm³/mol. The Kier molecular flexibility index (Phi) is 5.59. The van der Waals surface area contributed by atoms with Crippen LogP contribution in [-0.4, -0.2) is 55.0 Å². The minimum atomic E-state index is -0.594. The number of nitrogen functional groups attached to an aromatic ring is 1. The molecule has 0 aliphatic rings. The van der Waals surface area contributed by atoms with Crippen molar-refractivity contribution in [3.63, 3.8) is 0 Å². The standard InChI is InChI=1S/C22H22N4O5/c1-28-10-11-31-22(27)18-19-21(25-15-7-5-4-6-14(15)24-19)26(20(18)23)13-8-9-16(29-2)17(12-13)30-3/h4-9,12H,10-11,23H2,1-3H3. The van der Waals surface area contributed by atoms with Gasteiger partial charge in [-0.15, -0.1) is 0 Å². The molecule has 4 aromatic rings. The molecule has 0 spiro atoms. The van der Waals surface area contributed by atoms with Crippen molar-refractivity contribution in [2.75, 3.05) is 40.3 Å². The Labute approximate surface area is 178 Å². The second-order valence-electron chi connectivity index (χ2n) is 6.65. The monoisotopic (exact) mass is 422 g/mol. The molecule has 0 amide bonds. The number of carbonyl (C=O) groups excluding carboxylic acids is 1. The smallest absolute Gasteiger partial charge is 0.344 e. The van der Waals surface area contributed by atoms with Gasteiger partial charge in [0.1, 0.15) is 23.5 Å². The topological polar surface area (TPSA) is 111 Å². The van der Waals surface area contributed by atoms with E-state index in [0.717, 1.165) is 0 Å². The lowest BCUT2D eigenvalue weighted by molar-refractivity contribution is 0.0391. The quantitative estimate of drug-likeness (QED) is 0.357. The highest BCUT2D eigenvalue weighted by Gasteiger charge is 2.26. The molecule has 160 valence electrons. The number of fused-ring (bicyclic) bond motifs is 2. The number of nitrogens with two attached hydrogens (primary N) is 1. The summed E-state index contributed by atoms with van der Waals surface area (Å²) in [6.45, 7) is 0.368. The SMILES string of the molecule is COCCOC(=O)c1c(N)n(-c2ccc(OC)c(OC)c2)c2nc3ccccc3nc12. The van der Waals surface area contributed by atoms with Crippen LogP contribution in [0.15, 0.2) is 42.5 Å². The van der Waals surface area contributed by atoms with E-state index in [1.165, 1.54) is 7.11 Å². The van der Waals surface area contributed by atoms with Crippen molar-refractivity contribution in [1.82, 2.24) is 14.5 Å². The van der Waals surface area contributed by atoms with Crippen LogP contribution in [0.1, 0.15) is 10.4 Å². The average molecular weight is 422 g/mol. The first-order valence-electron chi connectivity index (χ1n) is 9.54. The van der Waals surface area contributed by atoms with Crippen LogP contribution in [0, 0.1) is 0 Å². The molecule has 0 aliphatic heterocycles. The minimum absolute atomic E-state index is 0.0960. The Bertz CT molecular complexity index is 1270. The maximum absolute atomic E-state index is 12.9. The van der Waals surface area contributed by atoms with Gasteiger partial charge in [0.05, 0.1) is 37.5 Å². The van der Waals surface area contributed by atoms with Gasteiger partial charge in [0, 0.05) is 13.2 Å². The number of anilines is 1. The molecular weight excluding hydrogens is 400 g/mol. The fourth-order valence-electron chi connectivity index (χ4n) is 3.38. The highest BCUT2D eigenvalue weighted by atomic mass is 16.6. The summed E-state index contributed by atoms with van der Waals surface area (Å²) in [5, 5.41) is 0. The van der Waals surface area contributed by atoms with E-state index in [0.29, 0.717) is 39.4 Å². The van der Waals surface area contributed by atoms with E-state index < -0.39 is 5.97 Å². The van der Waals surface area contributed by atoms with Gasteiger partial charge in [-0.1, -0.05) is 12.1 Å². The van der Waals surface area contributed by atoms with Crippen molar-refractivity contribution in [2.24, 2.45) is 0 Å². The third-order valence-corrected chi connectivity index (χ3v) is 4.85. The Morgan fingerprint density at radius 1 is 0.968 bits per heavy atom. The van der Waals surface area contributed by atoms with Crippen LogP contribution in [-0.2, 0) is 9.47 Å². The lowest BCUT2D eigenvalue weighted by Crippen LogP contribution is -2.12. The van der Waals surface area contributed by atoms with Crippen molar-refractivity contribution in [3.05, 3.63) is 48.0 Å². The molecule has 9 heteroatoms. The van der Waals surface area contributed by atoms with E-state index in [-0.39, 0.29) is 24.6 Å². The van der Waals surface area contributed by atoms with E-state index in [9.17, 15) is 4.79 Å². The molecule has 0 saturated heterocycles.